The van der Waals surface area contributed by atoms with Crippen LogP contribution in [0.3, 0.4) is 0 Å². The van der Waals surface area contributed by atoms with Gasteiger partial charge in [-0.1, -0.05) is 35.5 Å². The number of aromatic nitrogens is 5. The van der Waals surface area contributed by atoms with Gasteiger partial charge in [0.15, 0.2) is 0 Å². The van der Waals surface area contributed by atoms with Crippen molar-refractivity contribution in [2.75, 3.05) is 13.7 Å². The number of nitrogens with one attached hydrogen (secondary N) is 1. The summed E-state index contributed by atoms with van der Waals surface area (Å²) in [5.74, 6) is -0.862. The molecule has 2 N–H and O–H groups in total. The number of benzene rings is 2. The smallest absolute Gasteiger partial charge is 0.330 e. The second kappa shape index (κ2) is 9.86. The molecule has 37 heavy (non-hydrogen) atoms. The van der Waals surface area contributed by atoms with Crippen LogP contribution >= 0.6 is 0 Å². The average molecular weight is 503 g/mol. The Bertz CT molecular complexity index is 1470. The zero-order valence-corrected chi connectivity index (χ0v) is 20.3. The van der Waals surface area contributed by atoms with Gasteiger partial charge in [-0.2, -0.15) is 0 Å². The molecule has 0 spiro atoms. The largest absolute Gasteiger partial charge is 0.467 e. The molecule has 1 fully saturated rings. The number of amides is 1. The number of aromatic amines is 1. The van der Waals surface area contributed by atoms with Crippen LogP contribution in [0.4, 0.5) is 0 Å². The van der Waals surface area contributed by atoms with E-state index in [0.29, 0.717) is 28.9 Å². The van der Waals surface area contributed by atoms with Gasteiger partial charge >= 0.3 is 11.7 Å². The number of methoxy groups -OCH3 is 1. The van der Waals surface area contributed by atoms with E-state index >= 15 is 0 Å². The number of aliphatic hydroxyl groups excluding tert-OH is 1. The summed E-state index contributed by atoms with van der Waals surface area (Å²) in [6.07, 6.45) is 2.59. The molecule has 1 aliphatic heterocycles. The molecular weight excluding hydrogens is 476 g/mol. The van der Waals surface area contributed by atoms with E-state index in [0.717, 1.165) is 5.69 Å². The Balaban J connectivity index is 1.37. The fourth-order valence-corrected chi connectivity index (χ4v) is 4.68. The highest BCUT2D eigenvalue weighted by molar-refractivity contribution is 5.97. The number of hydrogen-bond donors (Lipinski definition) is 2. The Hall–Kier alpha value is -4.51. The molecule has 1 saturated heterocycles. The molecule has 5 rings (SSSR count). The van der Waals surface area contributed by atoms with Gasteiger partial charge in [0.25, 0.3) is 5.91 Å². The van der Waals surface area contributed by atoms with E-state index in [9.17, 15) is 19.5 Å². The minimum Gasteiger partial charge on any atom is -0.467 e. The third-order valence-corrected chi connectivity index (χ3v) is 6.64. The molecule has 0 bridgehead atoms. The van der Waals surface area contributed by atoms with E-state index in [1.165, 1.54) is 16.6 Å². The number of nitrogens with zero attached hydrogens (tertiary/aromatic N) is 5. The van der Waals surface area contributed by atoms with Crippen molar-refractivity contribution >= 4 is 11.9 Å². The van der Waals surface area contributed by atoms with Crippen molar-refractivity contribution in [3.63, 3.8) is 0 Å². The van der Waals surface area contributed by atoms with Crippen LogP contribution in [0.15, 0.2) is 71.8 Å². The number of esters is 1. The molecule has 0 radical (unpaired) electrons. The SMILES string of the molecule is COC(=O)[C@H]1C[C@@H](n2cc([C@H](O)c3ccccc3)nn2)CN1C(=O)c1ccc(-n2c(C)c[nH]c2=O)cc1. The van der Waals surface area contributed by atoms with Gasteiger partial charge in [0.2, 0.25) is 0 Å². The Morgan fingerprint density at radius 1 is 1.14 bits per heavy atom. The second-order valence-electron chi connectivity index (χ2n) is 8.94. The lowest BCUT2D eigenvalue weighted by atomic mass is 10.1. The normalized spacial score (nSPS) is 18.1. The van der Waals surface area contributed by atoms with Crippen molar-refractivity contribution in [2.45, 2.75) is 31.5 Å². The lowest BCUT2D eigenvalue weighted by Gasteiger charge is -2.22. The third kappa shape index (κ3) is 4.56. The van der Waals surface area contributed by atoms with Crippen molar-refractivity contribution < 1.29 is 19.4 Å². The molecule has 3 atom stereocenters. The number of likely N-dealkylation sites (tertiary alicyclic amines) is 1. The zero-order chi connectivity index (χ0) is 26.1. The highest BCUT2D eigenvalue weighted by Crippen LogP contribution is 2.30. The summed E-state index contributed by atoms with van der Waals surface area (Å²) in [5.41, 5.74) is 2.52. The molecule has 4 aromatic rings. The maximum atomic E-state index is 13.4. The summed E-state index contributed by atoms with van der Waals surface area (Å²) in [7, 11) is 1.29. The van der Waals surface area contributed by atoms with E-state index in [4.69, 9.17) is 4.74 Å². The number of aliphatic hydroxyl groups is 1. The van der Waals surface area contributed by atoms with Crippen molar-refractivity contribution in [2.24, 2.45) is 0 Å². The Morgan fingerprint density at radius 3 is 2.51 bits per heavy atom. The molecule has 0 saturated carbocycles. The molecule has 2 aromatic carbocycles. The van der Waals surface area contributed by atoms with Gasteiger partial charge in [-0.25, -0.2) is 14.3 Å². The number of imidazole rings is 1. The van der Waals surface area contributed by atoms with Gasteiger partial charge in [0.1, 0.15) is 17.8 Å². The number of carbonyl (C=O) groups is 2. The van der Waals surface area contributed by atoms with Crippen LogP contribution < -0.4 is 5.69 Å². The first-order chi connectivity index (χ1) is 17.9. The predicted octanol–water partition coefficient (Wildman–Crippen LogP) is 1.78. The van der Waals surface area contributed by atoms with Gasteiger partial charge in [-0.3, -0.25) is 9.36 Å². The summed E-state index contributed by atoms with van der Waals surface area (Å²) in [6.45, 7) is 2.01. The zero-order valence-electron chi connectivity index (χ0n) is 20.3. The van der Waals surface area contributed by atoms with E-state index < -0.39 is 18.1 Å². The van der Waals surface area contributed by atoms with Crippen LogP contribution in [-0.2, 0) is 9.53 Å². The molecule has 11 nitrogen and oxygen atoms in total. The Kier molecular flexibility index (Phi) is 6.45. The Labute approximate surface area is 211 Å². The van der Waals surface area contributed by atoms with Crippen molar-refractivity contribution in [1.29, 1.82) is 0 Å². The number of hydrogen-bond acceptors (Lipinski definition) is 7. The summed E-state index contributed by atoms with van der Waals surface area (Å²) in [4.78, 5) is 42.2. The van der Waals surface area contributed by atoms with E-state index in [2.05, 4.69) is 15.3 Å². The molecule has 2 aromatic heterocycles. The minimum atomic E-state index is -0.944. The minimum absolute atomic E-state index is 0.209. The summed E-state index contributed by atoms with van der Waals surface area (Å²) >= 11 is 0. The predicted molar refractivity (Wildman–Crippen MR) is 132 cm³/mol. The molecule has 0 unspecified atom stereocenters. The average Bonchev–Trinajstić information content (AvgIpc) is 3.67. The molecular formula is C26H26N6O5. The maximum Gasteiger partial charge on any atom is 0.330 e. The van der Waals surface area contributed by atoms with E-state index in [1.54, 1.807) is 60.4 Å². The second-order valence-corrected chi connectivity index (χ2v) is 8.94. The fourth-order valence-electron chi connectivity index (χ4n) is 4.68. The molecule has 1 aliphatic rings. The lowest BCUT2D eigenvalue weighted by molar-refractivity contribution is -0.145. The maximum absolute atomic E-state index is 13.4. The highest BCUT2D eigenvalue weighted by atomic mass is 16.5. The van der Waals surface area contributed by atoms with Crippen LogP contribution in [0.1, 0.15) is 45.9 Å². The number of H-pyrrole nitrogens is 1. The topological polar surface area (TPSA) is 135 Å². The van der Waals surface area contributed by atoms with Crippen molar-refractivity contribution in [3.8, 4) is 5.69 Å². The summed E-state index contributed by atoms with van der Waals surface area (Å²) < 4.78 is 8.05. The lowest BCUT2D eigenvalue weighted by Crippen LogP contribution is -2.41. The first-order valence-electron chi connectivity index (χ1n) is 11.8. The van der Waals surface area contributed by atoms with Crippen LogP contribution in [0.25, 0.3) is 5.69 Å². The van der Waals surface area contributed by atoms with Crippen molar-refractivity contribution in [1.82, 2.24) is 29.4 Å². The standard InChI is InChI=1S/C26H26N6O5/c1-16-13-27-26(36)32(16)19-10-8-18(9-11-19)24(34)30-14-20(12-22(30)25(35)37-2)31-15-21(28-29-31)23(33)17-6-4-3-5-7-17/h3-11,13,15,20,22-23,33H,12,14H2,1-2H3,(H,27,36)/t20-,22-,23-/m1/s1. The number of carbonyl (C=O) groups excluding carboxylic acids is 2. The van der Waals surface area contributed by atoms with Crippen LogP contribution in [0.2, 0.25) is 0 Å². The number of aryl methyl sites for hydroxylation is 1. The molecule has 1 amide bonds. The van der Waals surface area contributed by atoms with Gasteiger partial charge in [-0.15, -0.1) is 5.10 Å². The van der Waals surface area contributed by atoms with E-state index in [1.807, 2.05) is 18.2 Å². The summed E-state index contributed by atoms with van der Waals surface area (Å²) in [6, 6.07) is 14.6. The van der Waals surface area contributed by atoms with Crippen LogP contribution in [-0.4, -0.2) is 66.1 Å². The first kappa shape index (κ1) is 24.2. The monoisotopic (exact) mass is 502 g/mol. The number of rotatable bonds is 6. The third-order valence-electron chi connectivity index (χ3n) is 6.64. The quantitative estimate of drug-likeness (QED) is 0.384. The Morgan fingerprint density at radius 2 is 1.86 bits per heavy atom. The molecule has 3 heterocycles. The van der Waals surface area contributed by atoms with Crippen molar-refractivity contribution in [3.05, 3.63) is 100.0 Å². The van der Waals surface area contributed by atoms with E-state index in [-0.39, 0.29) is 24.2 Å². The van der Waals surface area contributed by atoms with Gasteiger partial charge < -0.3 is 19.7 Å². The van der Waals surface area contributed by atoms with Gasteiger partial charge in [-0.05, 0) is 36.8 Å². The van der Waals surface area contributed by atoms with Crippen LogP contribution in [0, 0.1) is 6.92 Å². The molecule has 0 aliphatic carbocycles. The summed E-state index contributed by atoms with van der Waals surface area (Å²) in [5, 5.41) is 18.9. The van der Waals surface area contributed by atoms with Gasteiger partial charge in [0.05, 0.1) is 25.0 Å². The van der Waals surface area contributed by atoms with Crippen LogP contribution in [0.5, 0.6) is 0 Å². The highest BCUT2D eigenvalue weighted by Gasteiger charge is 2.42. The number of ether oxygens (including phenoxy) is 1. The molecule has 11 heteroatoms. The first-order valence-corrected chi connectivity index (χ1v) is 11.8. The molecule has 190 valence electrons. The fraction of sp³-hybridized carbons (Fsp3) is 0.269. The van der Waals surface area contributed by atoms with Gasteiger partial charge in [0, 0.05) is 30.4 Å².